The highest BCUT2D eigenvalue weighted by Crippen LogP contribution is 2.30. The first-order valence-corrected chi connectivity index (χ1v) is 14.2. The highest BCUT2D eigenvalue weighted by Gasteiger charge is 2.24. The van der Waals surface area contributed by atoms with Crippen molar-refractivity contribution in [2.75, 3.05) is 13.2 Å². The van der Waals surface area contributed by atoms with Crippen LogP contribution in [-0.2, 0) is 34.9 Å². The minimum absolute atomic E-state index is 0.00737. The van der Waals surface area contributed by atoms with Gasteiger partial charge >= 0.3 is 24.4 Å². The van der Waals surface area contributed by atoms with Crippen LogP contribution < -0.4 is 15.2 Å². The molecule has 0 bridgehead atoms. The SMILES string of the molecule is CC(C)CCOC(=O)OC[C@H](C)OC(=O)[C@@H](N)Cc1ccc(OC(=O)OC(C)C(C)C)c(OC(=O)OC(C)C(C)C)c1. The lowest BCUT2D eigenvalue weighted by Gasteiger charge is -2.19. The molecule has 0 saturated carbocycles. The molecule has 0 aromatic heterocycles. The van der Waals surface area contributed by atoms with E-state index < -0.39 is 48.8 Å². The Morgan fingerprint density at radius 3 is 1.79 bits per heavy atom. The van der Waals surface area contributed by atoms with E-state index in [1.807, 2.05) is 41.5 Å². The molecular weight excluding hydrogens is 550 g/mol. The molecule has 0 fully saturated rings. The predicted molar refractivity (Wildman–Crippen MR) is 153 cm³/mol. The third kappa shape index (κ3) is 14.4. The Bertz CT molecular complexity index is 1020. The molecule has 0 radical (unpaired) electrons. The Balaban J connectivity index is 2.88. The summed E-state index contributed by atoms with van der Waals surface area (Å²) < 4.78 is 36.4. The van der Waals surface area contributed by atoms with Gasteiger partial charge in [-0.25, -0.2) is 14.4 Å². The van der Waals surface area contributed by atoms with Crippen LogP contribution >= 0.6 is 0 Å². The zero-order chi connectivity index (χ0) is 32.0. The van der Waals surface area contributed by atoms with Gasteiger partial charge in [0.05, 0.1) is 6.61 Å². The molecule has 0 aliphatic heterocycles. The molecule has 1 rings (SSSR count). The molecule has 1 aromatic carbocycles. The van der Waals surface area contributed by atoms with Gasteiger partial charge in [0.1, 0.15) is 31.0 Å². The van der Waals surface area contributed by atoms with Gasteiger partial charge < -0.3 is 38.9 Å². The molecule has 1 aromatic rings. The Kier molecular flexibility index (Phi) is 15.7. The first-order chi connectivity index (χ1) is 19.6. The fourth-order valence-corrected chi connectivity index (χ4v) is 2.91. The summed E-state index contributed by atoms with van der Waals surface area (Å²) in [5, 5.41) is 0. The van der Waals surface area contributed by atoms with E-state index in [1.54, 1.807) is 26.8 Å². The average molecular weight is 598 g/mol. The Morgan fingerprint density at radius 1 is 0.714 bits per heavy atom. The number of rotatable bonds is 15. The maximum atomic E-state index is 12.6. The number of benzene rings is 1. The van der Waals surface area contributed by atoms with Gasteiger partial charge in [0.25, 0.3) is 0 Å². The van der Waals surface area contributed by atoms with Crippen molar-refractivity contribution >= 4 is 24.4 Å². The van der Waals surface area contributed by atoms with Crippen molar-refractivity contribution < 1.29 is 52.3 Å². The molecule has 0 amide bonds. The van der Waals surface area contributed by atoms with Gasteiger partial charge in [-0.3, -0.25) is 4.79 Å². The second-order valence-corrected chi connectivity index (χ2v) is 11.3. The average Bonchev–Trinajstić information content (AvgIpc) is 2.88. The lowest BCUT2D eigenvalue weighted by Crippen LogP contribution is -2.37. The van der Waals surface area contributed by atoms with Crippen molar-refractivity contribution in [3.05, 3.63) is 23.8 Å². The summed E-state index contributed by atoms with van der Waals surface area (Å²) in [6.07, 6.45) is -3.74. The molecular formula is C30H47NO11. The van der Waals surface area contributed by atoms with Crippen LogP contribution in [-0.4, -0.2) is 62.0 Å². The van der Waals surface area contributed by atoms with E-state index in [4.69, 9.17) is 38.9 Å². The fourth-order valence-electron chi connectivity index (χ4n) is 2.91. The number of carbonyl (C=O) groups is 4. The second kappa shape index (κ2) is 18.1. The zero-order valence-corrected chi connectivity index (χ0v) is 26.2. The molecule has 0 aliphatic rings. The fraction of sp³-hybridized carbons (Fsp3) is 0.667. The lowest BCUT2D eigenvalue weighted by atomic mass is 10.1. The Hall–Kier alpha value is -3.54. The van der Waals surface area contributed by atoms with E-state index in [2.05, 4.69) is 0 Å². The monoisotopic (exact) mass is 597 g/mol. The quantitative estimate of drug-likeness (QED) is 0.147. The van der Waals surface area contributed by atoms with Crippen molar-refractivity contribution in [3.63, 3.8) is 0 Å². The molecule has 0 spiro atoms. The van der Waals surface area contributed by atoms with Crippen molar-refractivity contribution in [1.82, 2.24) is 0 Å². The van der Waals surface area contributed by atoms with E-state index in [9.17, 15) is 19.2 Å². The number of ether oxygens (including phenoxy) is 7. The smallest absolute Gasteiger partial charge is 0.458 e. The molecule has 0 heterocycles. The molecule has 2 unspecified atom stereocenters. The van der Waals surface area contributed by atoms with Gasteiger partial charge in [-0.05, 0) is 69.1 Å². The van der Waals surface area contributed by atoms with E-state index in [-0.39, 0.29) is 43.0 Å². The molecule has 12 heteroatoms. The number of carbonyl (C=O) groups excluding carboxylic acids is 4. The van der Waals surface area contributed by atoms with Crippen LogP contribution in [0.3, 0.4) is 0 Å². The molecule has 12 nitrogen and oxygen atoms in total. The first kappa shape index (κ1) is 36.5. The first-order valence-electron chi connectivity index (χ1n) is 14.2. The third-order valence-electron chi connectivity index (χ3n) is 6.26. The summed E-state index contributed by atoms with van der Waals surface area (Å²) in [4.78, 5) is 49.0. The maximum absolute atomic E-state index is 12.6. The third-order valence-corrected chi connectivity index (χ3v) is 6.26. The lowest BCUT2D eigenvalue weighted by molar-refractivity contribution is -0.152. The molecule has 42 heavy (non-hydrogen) atoms. The number of nitrogens with two attached hydrogens (primary N) is 1. The predicted octanol–water partition coefficient (Wildman–Crippen LogP) is 5.81. The summed E-state index contributed by atoms with van der Waals surface area (Å²) in [6, 6.07) is 3.25. The Labute approximate surface area is 248 Å². The van der Waals surface area contributed by atoms with Crippen LogP contribution in [0.1, 0.15) is 74.3 Å². The number of hydrogen-bond acceptors (Lipinski definition) is 12. The van der Waals surface area contributed by atoms with Gasteiger partial charge in [-0.15, -0.1) is 0 Å². The minimum Gasteiger partial charge on any atom is -0.458 e. The van der Waals surface area contributed by atoms with Crippen molar-refractivity contribution in [2.24, 2.45) is 23.5 Å². The minimum atomic E-state index is -1.10. The summed E-state index contributed by atoms with van der Waals surface area (Å²) in [7, 11) is 0. The highest BCUT2D eigenvalue weighted by molar-refractivity contribution is 5.76. The molecule has 238 valence electrons. The second-order valence-electron chi connectivity index (χ2n) is 11.3. The van der Waals surface area contributed by atoms with Crippen LogP contribution in [0.25, 0.3) is 0 Å². The van der Waals surface area contributed by atoms with E-state index >= 15 is 0 Å². The number of hydrogen-bond donors (Lipinski definition) is 1. The summed E-state index contributed by atoms with van der Waals surface area (Å²) in [5.74, 6) is -0.472. The largest absolute Gasteiger partial charge is 0.514 e. The van der Waals surface area contributed by atoms with Crippen LogP contribution in [0.2, 0.25) is 0 Å². The molecule has 4 atom stereocenters. The van der Waals surface area contributed by atoms with Gasteiger partial charge in [0.2, 0.25) is 0 Å². The summed E-state index contributed by atoms with van der Waals surface area (Å²) in [6.45, 7) is 16.6. The summed E-state index contributed by atoms with van der Waals surface area (Å²) in [5.41, 5.74) is 6.53. The highest BCUT2D eigenvalue weighted by atomic mass is 16.8. The molecule has 2 N–H and O–H groups in total. The van der Waals surface area contributed by atoms with Crippen molar-refractivity contribution in [1.29, 1.82) is 0 Å². The summed E-state index contributed by atoms with van der Waals surface area (Å²) >= 11 is 0. The van der Waals surface area contributed by atoms with Gasteiger partial charge in [-0.1, -0.05) is 47.6 Å². The van der Waals surface area contributed by atoms with Crippen molar-refractivity contribution in [3.8, 4) is 11.5 Å². The maximum Gasteiger partial charge on any atom is 0.514 e. The molecule has 0 saturated heterocycles. The van der Waals surface area contributed by atoms with Crippen LogP contribution in [0.15, 0.2) is 18.2 Å². The standard InChI is InChI=1S/C30H47NO11/c1-17(2)12-13-36-28(33)37-16-20(7)38-27(32)24(31)14-23-10-11-25(41-29(34)39-21(8)18(3)4)26(15-23)42-30(35)40-22(9)19(5)6/h10-11,15,17-22,24H,12-14,16,31H2,1-9H3/t20-,21?,22?,24-/m0/s1. The van der Waals surface area contributed by atoms with E-state index in [0.29, 0.717) is 17.9 Å². The van der Waals surface area contributed by atoms with Gasteiger partial charge in [0, 0.05) is 0 Å². The number of esters is 1. The zero-order valence-electron chi connectivity index (χ0n) is 26.2. The van der Waals surface area contributed by atoms with Gasteiger partial charge in [0.15, 0.2) is 11.5 Å². The van der Waals surface area contributed by atoms with Crippen LogP contribution in [0.4, 0.5) is 14.4 Å². The van der Waals surface area contributed by atoms with E-state index in [1.165, 1.54) is 12.1 Å². The van der Waals surface area contributed by atoms with Crippen molar-refractivity contribution in [2.45, 2.75) is 99.5 Å². The molecule has 0 aliphatic carbocycles. The van der Waals surface area contributed by atoms with E-state index in [0.717, 1.165) is 0 Å². The Morgan fingerprint density at radius 2 is 1.26 bits per heavy atom. The van der Waals surface area contributed by atoms with Crippen LogP contribution in [0.5, 0.6) is 11.5 Å². The topological polar surface area (TPSA) is 159 Å². The van der Waals surface area contributed by atoms with Gasteiger partial charge in [-0.2, -0.15) is 0 Å². The van der Waals surface area contributed by atoms with Crippen LogP contribution in [0, 0.1) is 17.8 Å². The normalized spacial score (nSPS) is 14.0.